The molecule has 0 aliphatic heterocycles. The van der Waals surface area contributed by atoms with Gasteiger partial charge in [-0.1, -0.05) is 50.1 Å². The van der Waals surface area contributed by atoms with Crippen molar-refractivity contribution in [2.45, 2.75) is 38.5 Å². The molecule has 1 aliphatic carbocycles. The van der Waals surface area contributed by atoms with Crippen LogP contribution in [0.1, 0.15) is 60.8 Å². The molecular formula is C22H20F3N. The van der Waals surface area contributed by atoms with Gasteiger partial charge in [-0.05, 0) is 42.4 Å². The Morgan fingerprint density at radius 1 is 0.923 bits per heavy atom. The van der Waals surface area contributed by atoms with Crippen molar-refractivity contribution in [3.63, 3.8) is 0 Å². The van der Waals surface area contributed by atoms with E-state index in [1.54, 1.807) is 18.2 Å². The van der Waals surface area contributed by atoms with Gasteiger partial charge in [0.1, 0.15) is 11.9 Å². The molecule has 4 heteroatoms. The lowest BCUT2D eigenvalue weighted by molar-refractivity contribution is 0.348. The van der Waals surface area contributed by atoms with Crippen molar-refractivity contribution in [1.29, 1.82) is 5.26 Å². The number of nitrogens with zero attached hydrogens (tertiary/aromatic N) is 1. The molecule has 0 unspecified atom stereocenters. The van der Waals surface area contributed by atoms with Gasteiger partial charge in [0.15, 0.2) is 11.7 Å². The lowest BCUT2D eigenvalue weighted by atomic mass is 9.79. The lowest BCUT2D eigenvalue weighted by Gasteiger charge is -2.26. The topological polar surface area (TPSA) is 23.8 Å². The summed E-state index contributed by atoms with van der Waals surface area (Å²) in [5.41, 5.74) is 0.857. The fourth-order valence-electron chi connectivity index (χ4n) is 3.49. The first-order valence-corrected chi connectivity index (χ1v) is 8.85. The monoisotopic (exact) mass is 355 g/mol. The highest BCUT2D eigenvalue weighted by molar-refractivity contribution is 5.83. The van der Waals surface area contributed by atoms with Crippen LogP contribution in [0.25, 0.3) is 11.7 Å². The second-order valence-corrected chi connectivity index (χ2v) is 7.01. The maximum Gasteiger partial charge on any atom is 0.166 e. The van der Waals surface area contributed by atoms with Gasteiger partial charge in [-0.3, -0.25) is 0 Å². The highest BCUT2D eigenvalue weighted by Crippen LogP contribution is 2.36. The number of nitriles is 1. The molecule has 1 aliphatic rings. The zero-order valence-corrected chi connectivity index (χ0v) is 14.6. The largest absolute Gasteiger partial charge is 0.206 e. The third kappa shape index (κ3) is 3.83. The van der Waals surface area contributed by atoms with Crippen LogP contribution >= 0.6 is 0 Å². The summed E-state index contributed by atoms with van der Waals surface area (Å²) in [7, 11) is 0. The molecule has 0 amide bonds. The molecule has 3 rings (SSSR count). The Hall–Kier alpha value is -2.54. The molecule has 1 fully saturated rings. The van der Waals surface area contributed by atoms with Gasteiger partial charge in [0, 0.05) is 11.1 Å². The summed E-state index contributed by atoms with van der Waals surface area (Å²) in [4.78, 5) is 0. The molecule has 0 heterocycles. The van der Waals surface area contributed by atoms with Crippen molar-refractivity contribution < 1.29 is 13.2 Å². The van der Waals surface area contributed by atoms with Crippen molar-refractivity contribution in [1.82, 2.24) is 0 Å². The van der Waals surface area contributed by atoms with Crippen LogP contribution in [0, 0.1) is 23.1 Å². The minimum absolute atomic E-state index is 0.125. The highest BCUT2D eigenvalue weighted by Gasteiger charge is 2.20. The summed E-state index contributed by atoms with van der Waals surface area (Å²) in [5.74, 6) is -1.79. The normalized spacial score (nSPS) is 21.0. The molecule has 26 heavy (non-hydrogen) atoms. The Kier molecular flexibility index (Phi) is 5.46. The van der Waals surface area contributed by atoms with Crippen molar-refractivity contribution >= 4 is 11.7 Å². The Balaban J connectivity index is 1.82. The first kappa shape index (κ1) is 18.3. The molecule has 2 aromatic carbocycles. The van der Waals surface area contributed by atoms with E-state index >= 15 is 0 Å². The molecule has 1 nitrogen and oxygen atoms in total. The molecule has 0 radical (unpaired) electrons. The molecule has 0 spiro atoms. The molecule has 0 aromatic heterocycles. The summed E-state index contributed by atoms with van der Waals surface area (Å²) < 4.78 is 42.5. The average Bonchev–Trinajstić information content (AvgIpc) is 2.67. The summed E-state index contributed by atoms with van der Waals surface area (Å²) >= 11 is 0. The van der Waals surface area contributed by atoms with Crippen molar-refractivity contribution in [3.8, 4) is 6.07 Å². The van der Waals surface area contributed by atoms with Crippen LogP contribution in [0.4, 0.5) is 13.2 Å². The van der Waals surface area contributed by atoms with Crippen LogP contribution < -0.4 is 0 Å². The van der Waals surface area contributed by atoms with Gasteiger partial charge in [-0.15, -0.1) is 0 Å². The first-order valence-electron chi connectivity index (χ1n) is 8.85. The van der Waals surface area contributed by atoms with Crippen LogP contribution in [0.3, 0.4) is 0 Å². The molecule has 0 bridgehead atoms. The molecule has 0 saturated heterocycles. The van der Waals surface area contributed by atoms with Crippen molar-refractivity contribution in [2.24, 2.45) is 5.92 Å². The number of rotatable bonds is 3. The average molecular weight is 355 g/mol. The molecule has 134 valence electrons. The SMILES string of the molecule is CC1CCC(c2ccc(/C(F)=C(\F)c3ccc(C#N)c(F)c3)cc2)CC1. The van der Waals surface area contributed by atoms with E-state index in [-0.39, 0.29) is 16.7 Å². The lowest BCUT2D eigenvalue weighted by Crippen LogP contribution is -2.10. The summed E-state index contributed by atoms with van der Waals surface area (Å²) in [6.45, 7) is 2.26. The molecular weight excluding hydrogens is 335 g/mol. The van der Waals surface area contributed by atoms with Gasteiger partial charge in [0.2, 0.25) is 0 Å². The molecule has 1 saturated carbocycles. The number of hydrogen-bond donors (Lipinski definition) is 0. The zero-order chi connectivity index (χ0) is 18.7. The zero-order valence-electron chi connectivity index (χ0n) is 14.6. The van der Waals surface area contributed by atoms with E-state index in [1.165, 1.54) is 18.9 Å². The van der Waals surface area contributed by atoms with Crippen molar-refractivity contribution in [2.75, 3.05) is 0 Å². The van der Waals surface area contributed by atoms with Crippen LogP contribution in [-0.2, 0) is 0 Å². The van der Waals surface area contributed by atoms with Crippen molar-refractivity contribution in [3.05, 3.63) is 70.5 Å². The van der Waals surface area contributed by atoms with E-state index in [0.717, 1.165) is 36.5 Å². The van der Waals surface area contributed by atoms with E-state index < -0.39 is 17.5 Å². The van der Waals surface area contributed by atoms with Gasteiger partial charge in [0.25, 0.3) is 0 Å². The Morgan fingerprint density at radius 3 is 2.08 bits per heavy atom. The number of hydrogen-bond acceptors (Lipinski definition) is 1. The van der Waals surface area contributed by atoms with E-state index in [0.29, 0.717) is 5.92 Å². The third-order valence-corrected chi connectivity index (χ3v) is 5.19. The van der Waals surface area contributed by atoms with Crippen LogP contribution in [0.2, 0.25) is 0 Å². The predicted octanol–water partition coefficient (Wildman–Crippen LogP) is 6.76. The predicted molar refractivity (Wildman–Crippen MR) is 97.0 cm³/mol. The van der Waals surface area contributed by atoms with E-state index in [9.17, 15) is 13.2 Å². The van der Waals surface area contributed by atoms with Crippen LogP contribution in [0.5, 0.6) is 0 Å². The summed E-state index contributed by atoms with van der Waals surface area (Å²) in [5, 5.41) is 8.71. The van der Waals surface area contributed by atoms with Gasteiger partial charge in [-0.2, -0.15) is 5.26 Å². The number of benzene rings is 2. The number of halogens is 3. The van der Waals surface area contributed by atoms with Gasteiger partial charge >= 0.3 is 0 Å². The second kappa shape index (κ2) is 7.78. The van der Waals surface area contributed by atoms with Gasteiger partial charge in [0.05, 0.1) is 5.56 Å². The summed E-state index contributed by atoms with van der Waals surface area (Å²) in [6, 6.07) is 11.7. The van der Waals surface area contributed by atoms with E-state index in [2.05, 4.69) is 6.92 Å². The Labute approximate surface area is 151 Å². The van der Waals surface area contributed by atoms with E-state index in [1.807, 2.05) is 12.1 Å². The van der Waals surface area contributed by atoms with Gasteiger partial charge < -0.3 is 0 Å². The first-order chi connectivity index (χ1) is 12.5. The fourth-order valence-corrected chi connectivity index (χ4v) is 3.49. The van der Waals surface area contributed by atoms with Crippen LogP contribution in [-0.4, -0.2) is 0 Å². The van der Waals surface area contributed by atoms with Gasteiger partial charge in [-0.25, -0.2) is 13.2 Å². The molecule has 0 atom stereocenters. The summed E-state index contributed by atoms with van der Waals surface area (Å²) in [6.07, 6.45) is 4.63. The third-order valence-electron chi connectivity index (χ3n) is 5.19. The second-order valence-electron chi connectivity index (χ2n) is 7.01. The standard InChI is InChI=1S/C22H20F3N/c1-14-2-4-15(5-3-14)16-6-8-17(9-7-16)21(24)22(25)18-10-11-19(13-26)20(23)12-18/h6-12,14-15H,2-5H2,1H3/b22-21+. The quantitative estimate of drug-likeness (QED) is 0.558. The Morgan fingerprint density at radius 2 is 1.50 bits per heavy atom. The molecule has 0 N–H and O–H groups in total. The highest BCUT2D eigenvalue weighted by atomic mass is 19.2. The minimum atomic E-state index is -1.13. The maximum absolute atomic E-state index is 14.5. The minimum Gasteiger partial charge on any atom is -0.206 e. The fraction of sp³-hybridized carbons (Fsp3) is 0.318. The smallest absolute Gasteiger partial charge is 0.166 e. The van der Waals surface area contributed by atoms with E-state index in [4.69, 9.17) is 5.26 Å². The molecule has 2 aromatic rings. The maximum atomic E-state index is 14.5. The van der Waals surface area contributed by atoms with Crippen LogP contribution in [0.15, 0.2) is 42.5 Å². The Bertz CT molecular complexity index is 854.